The van der Waals surface area contributed by atoms with Crippen LogP contribution in [0.3, 0.4) is 0 Å². The van der Waals surface area contributed by atoms with Gasteiger partial charge in [0, 0.05) is 0 Å². The van der Waals surface area contributed by atoms with E-state index >= 15 is 0 Å². The van der Waals surface area contributed by atoms with E-state index in [0.29, 0.717) is 0 Å². The van der Waals surface area contributed by atoms with Gasteiger partial charge in [-0.25, -0.2) is 0 Å². The monoisotopic (exact) mass is 312 g/mol. The fourth-order valence-corrected chi connectivity index (χ4v) is 3.91. The first-order valence-corrected chi connectivity index (χ1v) is 8.39. The van der Waals surface area contributed by atoms with Crippen LogP contribution in [0, 0.1) is 0 Å². The van der Waals surface area contributed by atoms with E-state index in [-0.39, 0.29) is 5.25 Å². The molecule has 6 heteroatoms. The van der Waals surface area contributed by atoms with Gasteiger partial charge >= 0.3 is 0 Å². The van der Waals surface area contributed by atoms with Crippen LogP contribution in [0.25, 0.3) is 10.7 Å². The lowest BCUT2D eigenvalue weighted by atomic mass is 10.1. The molecule has 4 nitrogen and oxygen atoms in total. The Bertz CT molecular complexity index is 790. The Balaban J connectivity index is 1.85. The summed E-state index contributed by atoms with van der Waals surface area (Å²) in [5.41, 5.74) is 2.21. The molecule has 1 aliphatic rings. The maximum absolute atomic E-state index is 4.81. The summed E-state index contributed by atoms with van der Waals surface area (Å²) >= 11 is 3.35. The molecule has 104 valence electrons. The molecule has 3 heterocycles. The molecule has 0 bridgehead atoms. The Hall–Kier alpha value is -1.92. The molecule has 0 radical (unpaired) electrons. The van der Waals surface area contributed by atoms with Gasteiger partial charge in [0.1, 0.15) is 0 Å². The number of thioether (sulfide) groups is 1. The van der Waals surface area contributed by atoms with Crippen molar-refractivity contribution >= 4 is 28.8 Å². The minimum absolute atomic E-state index is 0.264. The lowest BCUT2D eigenvalue weighted by molar-refractivity contribution is 0.755. The van der Waals surface area contributed by atoms with E-state index < -0.39 is 0 Å². The molecule has 21 heavy (non-hydrogen) atoms. The lowest BCUT2D eigenvalue weighted by Crippen LogP contribution is -2.21. The lowest BCUT2D eigenvalue weighted by Gasteiger charge is -2.19. The molecule has 3 aromatic rings. The molecule has 4 rings (SSSR count). The second kappa shape index (κ2) is 5.13. The Kier molecular flexibility index (Phi) is 3.12. The van der Waals surface area contributed by atoms with Crippen LogP contribution in [0.15, 0.2) is 58.1 Å². The summed E-state index contributed by atoms with van der Waals surface area (Å²) in [4.78, 5) is 1.08. The number of rotatable bonds is 2. The molecule has 0 saturated carbocycles. The van der Waals surface area contributed by atoms with E-state index in [1.54, 1.807) is 23.1 Å². The van der Waals surface area contributed by atoms with Crippen molar-refractivity contribution in [2.45, 2.75) is 17.3 Å². The molecule has 1 aromatic carbocycles. The molecule has 2 aromatic heterocycles. The summed E-state index contributed by atoms with van der Waals surface area (Å²) in [5.74, 6) is 0.813. The highest BCUT2D eigenvalue weighted by Crippen LogP contribution is 2.33. The van der Waals surface area contributed by atoms with E-state index in [1.807, 2.05) is 40.4 Å². The number of thiophene rings is 1. The second-order valence-electron chi connectivity index (χ2n) is 4.71. The number of benzene rings is 1. The molecule has 0 spiro atoms. The molecular weight excluding hydrogens is 300 g/mol. The smallest absolute Gasteiger partial charge is 0.186 e. The van der Waals surface area contributed by atoms with Crippen LogP contribution in [-0.4, -0.2) is 25.8 Å². The molecule has 0 unspecified atom stereocenters. The summed E-state index contributed by atoms with van der Waals surface area (Å²) in [5, 5.41) is 16.5. The van der Waals surface area contributed by atoms with Crippen LogP contribution < -0.4 is 0 Å². The zero-order valence-electron chi connectivity index (χ0n) is 11.3. The number of nitrogens with zero attached hydrogens (tertiary/aromatic N) is 4. The van der Waals surface area contributed by atoms with Gasteiger partial charge in [-0.1, -0.05) is 48.2 Å². The van der Waals surface area contributed by atoms with Crippen molar-refractivity contribution in [1.29, 1.82) is 0 Å². The van der Waals surface area contributed by atoms with Gasteiger partial charge < -0.3 is 0 Å². The molecule has 0 fully saturated rings. The van der Waals surface area contributed by atoms with Crippen molar-refractivity contribution in [3.8, 4) is 10.7 Å². The van der Waals surface area contributed by atoms with Crippen LogP contribution in [0.2, 0.25) is 0 Å². The van der Waals surface area contributed by atoms with Crippen molar-refractivity contribution in [3.63, 3.8) is 0 Å². The van der Waals surface area contributed by atoms with E-state index in [2.05, 4.69) is 29.3 Å². The van der Waals surface area contributed by atoms with Crippen LogP contribution >= 0.6 is 23.1 Å². The van der Waals surface area contributed by atoms with Gasteiger partial charge in [0.2, 0.25) is 5.16 Å². The fourth-order valence-electron chi connectivity index (χ4n) is 2.29. The van der Waals surface area contributed by atoms with Gasteiger partial charge in [-0.3, -0.25) is 0 Å². The molecular formula is C15H12N4S2. The maximum Gasteiger partial charge on any atom is 0.213 e. The summed E-state index contributed by atoms with van der Waals surface area (Å²) < 4.78 is 1.86. The minimum Gasteiger partial charge on any atom is -0.186 e. The topological polar surface area (TPSA) is 43.1 Å². The zero-order valence-corrected chi connectivity index (χ0v) is 12.9. The Morgan fingerprint density at radius 3 is 2.67 bits per heavy atom. The summed E-state index contributed by atoms with van der Waals surface area (Å²) in [7, 11) is 0. The number of aromatic nitrogens is 3. The molecule has 0 N–H and O–H groups in total. The van der Waals surface area contributed by atoms with Crippen molar-refractivity contribution in [2.24, 2.45) is 5.10 Å². The number of hydrogen-bond donors (Lipinski definition) is 0. The quantitative estimate of drug-likeness (QED) is 0.724. The average molecular weight is 312 g/mol. The van der Waals surface area contributed by atoms with E-state index in [4.69, 9.17) is 5.10 Å². The molecule has 0 saturated heterocycles. The highest BCUT2D eigenvalue weighted by molar-refractivity contribution is 8.00. The van der Waals surface area contributed by atoms with E-state index in [0.717, 1.165) is 27.1 Å². The molecule has 0 amide bonds. The van der Waals surface area contributed by atoms with Gasteiger partial charge in [0.15, 0.2) is 5.82 Å². The SMILES string of the molecule is C[C@@H]1Sc2nnc(-c3cccs3)n2N=C1c1ccccc1. The van der Waals surface area contributed by atoms with Gasteiger partial charge in [0.25, 0.3) is 0 Å². The van der Waals surface area contributed by atoms with Crippen LogP contribution in [0.1, 0.15) is 12.5 Å². The highest BCUT2D eigenvalue weighted by Gasteiger charge is 2.26. The first-order valence-electron chi connectivity index (χ1n) is 6.63. The molecule has 0 aliphatic carbocycles. The van der Waals surface area contributed by atoms with Crippen molar-refractivity contribution in [3.05, 3.63) is 53.4 Å². The Labute approximate surface area is 130 Å². The summed E-state index contributed by atoms with van der Waals surface area (Å²) in [6.07, 6.45) is 0. The molecule has 1 aliphatic heterocycles. The van der Waals surface area contributed by atoms with E-state index in [1.165, 1.54) is 0 Å². The van der Waals surface area contributed by atoms with Gasteiger partial charge in [0.05, 0.1) is 15.8 Å². The number of hydrogen-bond acceptors (Lipinski definition) is 5. The molecule has 1 atom stereocenters. The third kappa shape index (κ3) is 2.20. The number of fused-ring (bicyclic) bond motifs is 1. The first kappa shape index (κ1) is 12.8. The van der Waals surface area contributed by atoms with Gasteiger partial charge in [-0.2, -0.15) is 9.78 Å². The highest BCUT2D eigenvalue weighted by atomic mass is 32.2. The predicted octanol–water partition coefficient (Wildman–Crippen LogP) is 3.75. The van der Waals surface area contributed by atoms with Crippen LogP contribution in [-0.2, 0) is 0 Å². The summed E-state index contributed by atoms with van der Waals surface area (Å²) in [6.45, 7) is 2.15. The van der Waals surface area contributed by atoms with Crippen molar-refractivity contribution in [2.75, 3.05) is 0 Å². The standard InChI is InChI=1S/C15H12N4S2/c1-10-13(11-6-3-2-4-7-11)18-19-14(12-8-5-9-20-12)16-17-15(19)21-10/h2-10H,1H3/t10-/m0/s1. The normalized spacial score (nSPS) is 17.4. The maximum atomic E-state index is 4.81. The minimum atomic E-state index is 0.264. The second-order valence-corrected chi connectivity index (χ2v) is 6.96. The van der Waals surface area contributed by atoms with Crippen molar-refractivity contribution < 1.29 is 0 Å². The third-order valence-corrected chi connectivity index (χ3v) is 5.21. The van der Waals surface area contributed by atoms with Crippen LogP contribution in [0.4, 0.5) is 0 Å². The zero-order chi connectivity index (χ0) is 14.2. The van der Waals surface area contributed by atoms with Crippen molar-refractivity contribution in [1.82, 2.24) is 14.9 Å². The van der Waals surface area contributed by atoms with Gasteiger partial charge in [-0.15, -0.1) is 21.5 Å². The van der Waals surface area contributed by atoms with Gasteiger partial charge in [-0.05, 0) is 23.9 Å². The first-order chi connectivity index (χ1) is 10.3. The Morgan fingerprint density at radius 2 is 1.90 bits per heavy atom. The summed E-state index contributed by atoms with van der Waals surface area (Å²) in [6, 6.07) is 14.3. The van der Waals surface area contributed by atoms with Crippen LogP contribution in [0.5, 0.6) is 0 Å². The fraction of sp³-hybridized carbons (Fsp3) is 0.133. The predicted molar refractivity (Wildman–Crippen MR) is 87.0 cm³/mol. The average Bonchev–Trinajstić information content (AvgIpc) is 3.15. The van der Waals surface area contributed by atoms with E-state index in [9.17, 15) is 0 Å². The largest absolute Gasteiger partial charge is 0.213 e. The Morgan fingerprint density at radius 1 is 1.05 bits per heavy atom. The third-order valence-electron chi connectivity index (χ3n) is 3.30.